The van der Waals surface area contributed by atoms with Crippen molar-refractivity contribution in [3.8, 4) is 0 Å². The Hall–Kier alpha value is -0.500. The van der Waals surface area contributed by atoms with E-state index >= 15 is 0 Å². The van der Waals surface area contributed by atoms with Crippen molar-refractivity contribution in [2.75, 3.05) is 13.2 Å². The van der Waals surface area contributed by atoms with Crippen molar-refractivity contribution in [2.45, 2.75) is 38.5 Å². The summed E-state index contributed by atoms with van der Waals surface area (Å²) in [5, 5.41) is 9.46. The fraction of sp³-hybridized carbons (Fsp3) is 0.833. The normalized spacial score (nSPS) is 33.9. The predicted molar refractivity (Wildman–Crippen MR) is 53.7 cm³/mol. The molecule has 0 saturated heterocycles. The molecule has 1 N–H and O–H groups in total. The molecule has 14 heavy (non-hydrogen) atoms. The fourth-order valence-corrected chi connectivity index (χ4v) is 3.74. The van der Waals surface area contributed by atoms with Crippen LogP contribution in [0, 0.1) is 11.3 Å². The fourth-order valence-electron chi connectivity index (χ4n) is 3.74. The van der Waals surface area contributed by atoms with E-state index in [4.69, 9.17) is 4.74 Å². The summed E-state index contributed by atoms with van der Waals surface area (Å²) in [7, 11) is 0. The smallest absolute Gasteiger partial charge is 0.102 e. The van der Waals surface area contributed by atoms with E-state index in [-0.39, 0.29) is 5.41 Å². The van der Waals surface area contributed by atoms with Gasteiger partial charge in [-0.05, 0) is 30.8 Å². The lowest BCUT2D eigenvalue weighted by molar-refractivity contribution is 0.0737. The van der Waals surface area contributed by atoms with Gasteiger partial charge in [-0.25, -0.2) is 0 Å². The lowest BCUT2D eigenvalue weighted by Crippen LogP contribution is -2.29. The molecule has 3 aliphatic rings. The van der Waals surface area contributed by atoms with Crippen molar-refractivity contribution in [1.29, 1.82) is 0 Å². The number of ether oxygens (including phenoxy) is 1. The lowest BCUT2D eigenvalue weighted by atomic mass is 9.76. The third-order valence-electron chi connectivity index (χ3n) is 4.41. The Morgan fingerprint density at radius 2 is 2.14 bits per heavy atom. The second-order valence-electron chi connectivity index (χ2n) is 4.98. The van der Waals surface area contributed by atoms with Crippen LogP contribution in [0.2, 0.25) is 0 Å². The molecule has 3 rings (SSSR count). The highest BCUT2D eigenvalue weighted by atomic mass is 16.5. The second kappa shape index (κ2) is 2.99. The van der Waals surface area contributed by atoms with Gasteiger partial charge in [0.1, 0.15) is 5.76 Å². The molecule has 0 radical (unpaired) electrons. The average Bonchev–Trinajstić information content (AvgIpc) is 2.87. The Bertz CT molecular complexity index is 274. The van der Waals surface area contributed by atoms with Gasteiger partial charge in [0.05, 0.1) is 6.61 Å². The van der Waals surface area contributed by atoms with Gasteiger partial charge >= 0.3 is 0 Å². The molecule has 1 spiro atoms. The number of aliphatic hydroxyl groups is 1. The van der Waals surface area contributed by atoms with Crippen LogP contribution >= 0.6 is 0 Å². The lowest BCUT2D eigenvalue weighted by Gasteiger charge is -2.32. The van der Waals surface area contributed by atoms with E-state index < -0.39 is 0 Å². The Morgan fingerprint density at radius 1 is 1.36 bits per heavy atom. The van der Waals surface area contributed by atoms with Crippen LogP contribution in [0.15, 0.2) is 11.3 Å². The van der Waals surface area contributed by atoms with Gasteiger partial charge < -0.3 is 9.84 Å². The van der Waals surface area contributed by atoms with Gasteiger partial charge in [-0.3, -0.25) is 0 Å². The first-order valence-electron chi connectivity index (χ1n) is 5.83. The zero-order valence-electron chi connectivity index (χ0n) is 8.59. The van der Waals surface area contributed by atoms with E-state index in [0.717, 1.165) is 19.4 Å². The Kier molecular flexibility index (Phi) is 1.88. The molecule has 2 aliphatic carbocycles. The number of fused-ring (bicyclic) bond motifs is 1. The summed E-state index contributed by atoms with van der Waals surface area (Å²) in [5.41, 5.74) is 1.78. The number of hydrogen-bond acceptors (Lipinski definition) is 2. The van der Waals surface area contributed by atoms with Crippen molar-refractivity contribution in [2.24, 2.45) is 11.3 Å². The van der Waals surface area contributed by atoms with Crippen LogP contribution in [0.1, 0.15) is 38.5 Å². The van der Waals surface area contributed by atoms with Crippen molar-refractivity contribution in [3.63, 3.8) is 0 Å². The molecule has 1 unspecified atom stereocenters. The van der Waals surface area contributed by atoms with Crippen molar-refractivity contribution < 1.29 is 9.84 Å². The van der Waals surface area contributed by atoms with Gasteiger partial charge in [-0.1, -0.05) is 12.8 Å². The van der Waals surface area contributed by atoms with E-state index in [2.05, 4.69) is 0 Å². The van der Waals surface area contributed by atoms with E-state index in [1.165, 1.54) is 37.0 Å². The molecule has 2 nitrogen and oxygen atoms in total. The van der Waals surface area contributed by atoms with Crippen LogP contribution < -0.4 is 0 Å². The summed E-state index contributed by atoms with van der Waals surface area (Å²) in [5.74, 6) is 1.77. The number of rotatable bonds is 1. The molecule has 78 valence electrons. The molecule has 0 aromatic heterocycles. The molecule has 1 fully saturated rings. The van der Waals surface area contributed by atoms with E-state index in [0.29, 0.717) is 12.5 Å². The number of allylic oxidation sites excluding steroid dienone is 1. The highest BCUT2D eigenvalue weighted by Gasteiger charge is 2.52. The van der Waals surface area contributed by atoms with Crippen molar-refractivity contribution in [3.05, 3.63) is 11.3 Å². The van der Waals surface area contributed by atoms with Crippen LogP contribution in [0.5, 0.6) is 0 Å². The Morgan fingerprint density at radius 3 is 2.86 bits per heavy atom. The zero-order chi connectivity index (χ0) is 9.60. The highest BCUT2D eigenvalue weighted by molar-refractivity contribution is 5.30. The molecule has 2 heteroatoms. The van der Waals surface area contributed by atoms with Crippen LogP contribution in [-0.4, -0.2) is 18.3 Å². The number of hydrogen-bond donors (Lipinski definition) is 1. The summed E-state index contributed by atoms with van der Waals surface area (Å²) in [4.78, 5) is 0. The molecule has 0 amide bonds. The molecule has 1 heterocycles. The van der Waals surface area contributed by atoms with Gasteiger partial charge in [0, 0.05) is 18.4 Å². The van der Waals surface area contributed by atoms with E-state index in [1.807, 2.05) is 0 Å². The topological polar surface area (TPSA) is 29.5 Å². The molecule has 1 aliphatic heterocycles. The maximum Gasteiger partial charge on any atom is 0.102 e. The predicted octanol–water partition coefficient (Wildman–Crippen LogP) is 2.23. The molecular formula is C12H18O2. The maximum atomic E-state index is 9.46. The first kappa shape index (κ1) is 8.78. The zero-order valence-corrected chi connectivity index (χ0v) is 8.59. The first-order chi connectivity index (χ1) is 6.87. The van der Waals surface area contributed by atoms with Crippen molar-refractivity contribution >= 4 is 0 Å². The van der Waals surface area contributed by atoms with Gasteiger partial charge in [0.15, 0.2) is 0 Å². The third-order valence-corrected chi connectivity index (χ3v) is 4.41. The average molecular weight is 194 g/mol. The van der Waals surface area contributed by atoms with Crippen LogP contribution in [-0.2, 0) is 4.74 Å². The summed E-state index contributed by atoms with van der Waals surface area (Å²) in [6, 6.07) is 0. The quantitative estimate of drug-likeness (QED) is 0.693. The van der Waals surface area contributed by atoms with Crippen LogP contribution in [0.3, 0.4) is 0 Å². The molecule has 1 atom stereocenters. The minimum Gasteiger partial charge on any atom is -0.497 e. The van der Waals surface area contributed by atoms with Gasteiger partial charge in [0.25, 0.3) is 0 Å². The molecule has 0 aromatic rings. The number of aliphatic hydroxyl groups excluding tert-OH is 1. The Labute approximate surface area is 85.0 Å². The maximum absolute atomic E-state index is 9.46. The van der Waals surface area contributed by atoms with E-state index in [1.54, 1.807) is 0 Å². The van der Waals surface area contributed by atoms with Crippen LogP contribution in [0.4, 0.5) is 0 Å². The van der Waals surface area contributed by atoms with Crippen molar-refractivity contribution in [1.82, 2.24) is 0 Å². The first-order valence-corrected chi connectivity index (χ1v) is 5.83. The molecule has 0 bridgehead atoms. The van der Waals surface area contributed by atoms with E-state index in [9.17, 15) is 5.11 Å². The highest BCUT2D eigenvalue weighted by Crippen LogP contribution is 2.59. The summed E-state index contributed by atoms with van der Waals surface area (Å²) in [6.07, 6.45) is 7.35. The summed E-state index contributed by atoms with van der Waals surface area (Å²) < 4.78 is 5.82. The minimum atomic E-state index is 0.264. The van der Waals surface area contributed by atoms with Crippen LogP contribution in [0.25, 0.3) is 0 Å². The Balaban J connectivity index is 1.97. The standard InChI is InChI=1S/C12H18O2/c13-8-10-7-9-3-6-14-11(9)12(10)4-1-2-5-12/h10,13H,1-8H2. The van der Waals surface area contributed by atoms with Gasteiger partial charge in [-0.2, -0.15) is 0 Å². The largest absolute Gasteiger partial charge is 0.497 e. The SMILES string of the molecule is OCC1CC2=C(OCC2)C12CCCC2. The molecular weight excluding hydrogens is 176 g/mol. The molecule has 1 saturated carbocycles. The summed E-state index contributed by atoms with van der Waals surface area (Å²) in [6.45, 7) is 1.24. The molecule has 0 aromatic carbocycles. The minimum absolute atomic E-state index is 0.264. The summed E-state index contributed by atoms with van der Waals surface area (Å²) >= 11 is 0. The van der Waals surface area contributed by atoms with Gasteiger partial charge in [0.2, 0.25) is 0 Å². The monoisotopic (exact) mass is 194 g/mol. The third kappa shape index (κ3) is 0.952. The second-order valence-corrected chi connectivity index (χ2v) is 4.98. The van der Waals surface area contributed by atoms with Gasteiger partial charge in [-0.15, -0.1) is 0 Å².